The lowest BCUT2D eigenvalue weighted by Crippen LogP contribution is -2.38. The molecule has 2 unspecified atom stereocenters. The minimum Gasteiger partial charge on any atom is -0.313 e. The van der Waals surface area contributed by atoms with Gasteiger partial charge in [0.25, 0.3) is 0 Å². The Morgan fingerprint density at radius 2 is 2.31 bits per heavy atom. The van der Waals surface area contributed by atoms with Crippen LogP contribution in [0.25, 0.3) is 0 Å². The number of nitrogens with zero attached hydrogens (tertiary/aromatic N) is 1. The van der Waals surface area contributed by atoms with E-state index in [-0.39, 0.29) is 0 Å². The van der Waals surface area contributed by atoms with Crippen LogP contribution in [0.5, 0.6) is 0 Å². The number of hydrogen-bond acceptors (Lipinski definition) is 2. The maximum Gasteiger partial charge on any atom is 0.0166 e. The summed E-state index contributed by atoms with van der Waals surface area (Å²) in [6.07, 6.45) is 2.63. The standard InChI is InChI=1S/C11H24N2/c1-4-6-12-11(3)9-13-7-5-10(2)8-13/h10-12H,4-9H2,1-3H3. The van der Waals surface area contributed by atoms with Crippen LogP contribution in [0.15, 0.2) is 0 Å². The smallest absolute Gasteiger partial charge is 0.0166 e. The van der Waals surface area contributed by atoms with Crippen molar-refractivity contribution in [3.8, 4) is 0 Å². The number of likely N-dealkylation sites (tertiary alicyclic amines) is 1. The molecule has 0 bridgehead atoms. The van der Waals surface area contributed by atoms with E-state index in [2.05, 4.69) is 31.0 Å². The van der Waals surface area contributed by atoms with E-state index in [1.807, 2.05) is 0 Å². The Balaban J connectivity index is 2.09. The Morgan fingerprint density at radius 3 is 2.85 bits per heavy atom. The predicted molar refractivity (Wildman–Crippen MR) is 58.0 cm³/mol. The van der Waals surface area contributed by atoms with Crippen molar-refractivity contribution in [1.82, 2.24) is 10.2 Å². The lowest BCUT2D eigenvalue weighted by atomic mass is 10.2. The van der Waals surface area contributed by atoms with Gasteiger partial charge in [-0.05, 0) is 38.8 Å². The van der Waals surface area contributed by atoms with Crippen LogP contribution in [0.3, 0.4) is 0 Å². The van der Waals surface area contributed by atoms with E-state index in [1.54, 1.807) is 0 Å². The summed E-state index contributed by atoms with van der Waals surface area (Å²) < 4.78 is 0. The maximum atomic E-state index is 3.53. The third kappa shape index (κ3) is 4.10. The van der Waals surface area contributed by atoms with E-state index < -0.39 is 0 Å². The fraction of sp³-hybridized carbons (Fsp3) is 1.00. The fourth-order valence-corrected chi connectivity index (χ4v) is 2.03. The van der Waals surface area contributed by atoms with Gasteiger partial charge >= 0.3 is 0 Å². The summed E-state index contributed by atoms with van der Waals surface area (Å²) in [6, 6.07) is 0.658. The molecule has 1 aliphatic heterocycles. The Kier molecular flexibility index (Phi) is 4.74. The Hall–Kier alpha value is -0.0800. The molecule has 78 valence electrons. The summed E-state index contributed by atoms with van der Waals surface area (Å²) in [6.45, 7) is 11.9. The molecule has 1 N–H and O–H groups in total. The van der Waals surface area contributed by atoms with Crippen LogP contribution in [-0.2, 0) is 0 Å². The van der Waals surface area contributed by atoms with Crippen LogP contribution in [-0.4, -0.2) is 37.1 Å². The largest absolute Gasteiger partial charge is 0.313 e. The second kappa shape index (κ2) is 5.61. The van der Waals surface area contributed by atoms with Crippen molar-refractivity contribution in [1.29, 1.82) is 0 Å². The second-order valence-electron chi connectivity index (χ2n) is 4.51. The molecule has 2 heteroatoms. The van der Waals surface area contributed by atoms with Crippen LogP contribution >= 0.6 is 0 Å². The van der Waals surface area contributed by atoms with Gasteiger partial charge in [0.1, 0.15) is 0 Å². The van der Waals surface area contributed by atoms with Crippen molar-refractivity contribution in [3.05, 3.63) is 0 Å². The Labute approximate surface area is 82.7 Å². The van der Waals surface area contributed by atoms with E-state index in [0.29, 0.717) is 6.04 Å². The third-order valence-electron chi connectivity index (χ3n) is 2.78. The lowest BCUT2D eigenvalue weighted by Gasteiger charge is -2.21. The second-order valence-corrected chi connectivity index (χ2v) is 4.51. The molecule has 0 aromatic rings. The summed E-state index contributed by atoms with van der Waals surface area (Å²) in [5.74, 6) is 0.915. The lowest BCUT2D eigenvalue weighted by molar-refractivity contribution is 0.291. The first-order chi connectivity index (χ1) is 6.22. The van der Waals surface area contributed by atoms with Crippen LogP contribution in [0.2, 0.25) is 0 Å². The summed E-state index contributed by atoms with van der Waals surface area (Å²) >= 11 is 0. The first-order valence-corrected chi connectivity index (χ1v) is 5.68. The van der Waals surface area contributed by atoms with Gasteiger partial charge in [-0.1, -0.05) is 13.8 Å². The van der Waals surface area contributed by atoms with Crippen molar-refractivity contribution in [2.45, 2.75) is 39.7 Å². The van der Waals surface area contributed by atoms with E-state index in [0.717, 1.165) is 12.5 Å². The SMILES string of the molecule is CCCNC(C)CN1CCC(C)C1. The molecule has 1 saturated heterocycles. The minimum absolute atomic E-state index is 0.658. The zero-order valence-corrected chi connectivity index (χ0v) is 9.34. The van der Waals surface area contributed by atoms with Crippen LogP contribution in [0.1, 0.15) is 33.6 Å². The summed E-state index contributed by atoms with van der Waals surface area (Å²) in [5.41, 5.74) is 0. The average molecular weight is 184 g/mol. The van der Waals surface area contributed by atoms with Gasteiger partial charge in [0.05, 0.1) is 0 Å². The monoisotopic (exact) mass is 184 g/mol. The molecule has 1 aliphatic rings. The molecule has 2 nitrogen and oxygen atoms in total. The summed E-state index contributed by atoms with van der Waals surface area (Å²) in [4.78, 5) is 2.58. The highest BCUT2D eigenvalue weighted by molar-refractivity contribution is 4.75. The van der Waals surface area contributed by atoms with Crippen molar-refractivity contribution in [2.75, 3.05) is 26.2 Å². The fourth-order valence-electron chi connectivity index (χ4n) is 2.03. The van der Waals surface area contributed by atoms with Gasteiger partial charge in [-0.15, -0.1) is 0 Å². The number of nitrogens with one attached hydrogen (secondary N) is 1. The van der Waals surface area contributed by atoms with Gasteiger partial charge in [0.15, 0.2) is 0 Å². The van der Waals surface area contributed by atoms with E-state index in [9.17, 15) is 0 Å². The van der Waals surface area contributed by atoms with Gasteiger partial charge in [-0.25, -0.2) is 0 Å². The Morgan fingerprint density at radius 1 is 1.54 bits per heavy atom. The molecular formula is C11H24N2. The van der Waals surface area contributed by atoms with Crippen LogP contribution in [0.4, 0.5) is 0 Å². The van der Waals surface area contributed by atoms with Gasteiger partial charge in [0.2, 0.25) is 0 Å². The molecule has 1 fully saturated rings. The molecule has 0 aromatic carbocycles. The zero-order valence-electron chi connectivity index (χ0n) is 9.34. The van der Waals surface area contributed by atoms with Gasteiger partial charge in [-0.3, -0.25) is 0 Å². The topological polar surface area (TPSA) is 15.3 Å². The maximum absolute atomic E-state index is 3.53. The first kappa shape index (κ1) is 11.0. The molecule has 1 heterocycles. The normalized spacial score (nSPS) is 26.5. The highest BCUT2D eigenvalue weighted by Crippen LogP contribution is 2.14. The number of hydrogen-bond donors (Lipinski definition) is 1. The molecule has 2 atom stereocenters. The molecular weight excluding hydrogens is 160 g/mol. The van der Waals surface area contributed by atoms with Crippen molar-refractivity contribution in [2.24, 2.45) is 5.92 Å². The molecule has 0 radical (unpaired) electrons. The predicted octanol–water partition coefficient (Wildman–Crippen LogP) is 1.72. The summed E-state index contributed by atoms with van der Waals surface area (Å²) in [7, 11) is 0. The van der Waals surface area contributed by atoms with Gasteiger partial charge in [-0.2, -0.15) is 0 Å². The van der Waals surface area contributed by atoms with Gasteiger partial charge in [0, 0.05) is 19.1 Å². The molecule has 0 amide bonds. The Bertz CT molecular complexity index is 136. The minimum atomic E-state index is 0.658. The van der Waals surface area contributed by atoms with Crippen molar-refractivity contribution in [3.63, 3.8) is 0 Å². The molecule has 0 saturated carbocycles. The zero-order chi connectivity index (χ0) is 9.68. The van der Waals surface area contributed by atoms with E-state index in [4.69, 9.17) is 0 Å². The van der Waals surface area contributed by atoms with Crippen LogP contribution < -0.4 is 5.32 Å². The van der Waals surface area contributed by atoms with Crippen molar-refractivity contribution < 1.29 is 0 Å². The van der Waals surface area contributed by atoms with Crippen molar-refractivity contribution >= 4 is 0 Å². The molecule has 0 aliphatic carbocycles. The van der Waals surface area contributed by atoms with E-state index >= 15 is 0 Å². The summed E-state index contributed by atoms with van der Waals surface area (Å²) in [5, 5.41) is 3.53. The van der Waals surface area contributed by atoms with Gasteiger partial charge < -0.3 is 10.2 Å². The first-order valence-electron chi connectivity index (χ1n) is 5.68. The highest BCUT2D eigenvalue weighted by atomic mass is 15.2. The van der Waals surface area contributed by atoms with Crippen LogP contribution in [0, 0.1) is 5.92 Å². The highest BCUT2D eigenvalue weighted by Gasteiger charge is 2.19. The van der Waals surface area contributed by atoms with E-state index in [1.165, 1.54) is 32.5 Å². The molecule has 0 spiro atoms. The quantitative estimate of drug-likeness (QED) is 0.700. The molecule has 1 rings (SSSR count). The molecule has 0 aromatic heterocycles. The third-order valence-corrected chi connectivity index (χ3v) is 2.78. The molecule has 13 heavy (non-hydrogen) atoms. The average Bonchev–Trinajstić information content (AvgIpc) is 2.48. The number of rotatable bonds is 5.